The Labute approximate surface area is 191 Å². The number of hydrogen-bond donors (Lipinski definition) is 2. The molecule has 33 heavy (non-hydrogen) atoms. The Hall–Kier alpha value is -4.39. The van der Waals surface area contributed by atoms with E-state index < -0.39 is 6.04 Å². The number of anilines is 2. The van der Waals surface area contributed by atoms with E-state index >= 15 is 0 Å². The van der Waals surface area contributed by atoms with Gasteiger partial charge in [-0.3, -0.25) is 4.79 Å². The first-order valence-electron chi connectivity index (χ1n) is 10.6. The van der Waals surface area contributed by atoms with E-state index in [4.69, 9.17) is 14.8 Å². The summed E-state index contributed by atoms with van der Waals surface area (Å²) in [7, 11) is 1.62. The van der Waals surface area contributed by atoms with Crippen molar-refractivity contribution in [3.05, 3.63) is 102 Å². The fourth-order valence-electron chi connectivity index (χ4n) is 4.05. The number of hydrogen-bond acceptors (Lipinski definition) is 5. The molecular weight excluding hydrogens is 414 g/mol. The molecule has 7 nitrogen and oxygen atoms in total. The van der Waals surface area contributed by atoms with Gasteiger partial charge in [0, 0.05) is 22.5 Å². The van der Waals surface area contributed by atoms with Crippen molar-refractivity contribution in [2.24, 2.45) is 0 Å². The molecule has 2 heterocycles. The number of fused-ring (bicyclic) bond motifs is 1. The summed E-state index contributed by atoms with van der Waals surface area (Å²) in [6, 6.07) is 26.3. The number of aromatic nitrogens is 3. The summed E-state index contributed by atoms with van der Waals surface area (Å²) in [5.41, 5.74) is 3.69. The highest BCUT2D eigenvalue weighted by molar-refractivity contribution is 6.06. The summed E-state index contributed by atoms with van der Waals surface area (Å²) in [6.45, 7) is 1.88. The Morgan fingerprint density at radius 3 is 2.36 bits per heavy atom. The van der Waals surface area contributed by atoms with E-state index in [2.05, 4.69) is 10.6 Å². The molecule has 4 aromatic rings. The summed E-state index contributed by atoms with van der Waals surface area (Å²) in [6.07, 6.45) is 0. The topological polar surface area (TPSA) is 81.1 Å². The van der Waals surface area contributed by atoms with Gasteiger partial charge in [-0.1, -0.05) is 66.7 Å². The molecule has 1 aliphatic rings. The molecule has 0 saturated heterocycles. The molecule has 164 valence electrons. The summed E-state index contributed by atoms with van der Waals surface area (Å²) < 4.78 is 7.41. The third-order valence-corrected chi connectivity index (χ3v) is 5.59. The van der Waals surface area contributed by atoms with Gasteiger partial charge in [0.05, 0.1) is 12.7 Å². The fourth-order valence-corrected chi connectivity index (χ4v) is 4.05. The molecule has 0 radical (unpaired) electrons. The van der Waals surface area contributed by atoms with Gasteiger partial charge in [0.1, 0.15) is 11.8 Å². The van der Waals surface area contributed by atoms with E-state index in [1.54, 1.807) is 11.8 Å². The molecule has 0 saturated carbocycles. The van der Waals surface area contributed by atoms with E-state index in [9.17, 15) is 4.79 Å². The number of carbonyl (C=O) groups excluding carboxylic acids is 1. The van der Waals surface area contributed by atoms with Gasteiger partial charge in [0.15, 0.2) is 5.82 Å². The van der Waals surface area contributed by atoms with E-state index in [0.717, 1.165) is 16.8 Å². The van der Waals surface area contributed by atoms with Crippen LogP contribution in [0.1, 0.15) is 18.5 Å². The fraction of sp³-hybridized carbons (Fsp3) is 0.115. The number of allylic oxidation sites excluding steroid dienone is 1. The minimum absolute atomic E-state index is 0.218. The summed E-state index contributed by atoms with van der Waals surface area (Å²) >= 11 is 0. The zero-order valence-electron chi connectivity index (χ0n) is 18.3. The van der Waals surface area contributed by atoms with Crippen molar-refractivity contribution in [2.45, 2.75) is 13.0 Å². The second-order valence-electron chi connectivity index (χ2n) is 7.70. The van der Waals surface area contributed by atoms with Crippen LogP contribution in [0.3, 0.4) is 0 Å². The van der Waals surface area contributed by atoms with Crippen LogP contribution >= 0.6 is 0 Å². The standard InChI is InChI=1S/C26H23N5O2/c1-17-22(25(32)28-19-13-7-4-8-14-19)23(20-15-9-10-16-21(20)33-2)31-26(27-17)29-24(30-31)18-11-5-3-6-12-18/h3-16,23H,1-2H3,(H,28,32)(H,27,29,30)/t23-/m0/s1. The molecule has 3 aromatic carbocycles. The number of methoxy groups -OCH3 is 1. The van der Waals surface area contributed by atoms with Crippen LogP contribution in [0.15, 0.2) is 96.2 Å². The summed E-state index contributed by atoms with van der Waals surface area (Å²) in [4.78, 5) is 18.3. The summed E-state index contributed by atoms with van der Waals surface area (Å²) in [5.74, 6) is 1.60. The van der Waals surface area contributed by atoms with Gasteiger partial charge in [-0.05, 0) is 25.1 Å². The van der Waals surface area contributed by atoms with Crippen LogP contribution in [0, 0.1) is 0 Å². The largest absolute Gasteiger partial charge is 0.496 e. The van der Waals surface area contributed by atoms with E-state index in [-0.39, 0.29) is 5.91 Å². The predicted octanol–water partition coefficient (Wildman–Crippen LogP) is 4.88. The lowest BCUT2D eigenvalue weighted by atomic mass is 9.94. The third kappa shape index (κ3) is 3.85. The van der Waals surface area contributed by atoms with Gasteiger partial charge < -0.3 is 15.4 Å². The molecule has 1 amide bonds. The van der Waals surface area contributed by atoms with Crippen molar-refractivity contribution in [3.8, 4) is 17.1 Å². The Kier molecular flexibility index (Phi) is 5.36. The van der Waals surface area contributed by atoms with Crippen LogP contribution < -0.4 is 15.4 Å². The van der Waals surface area contributed by atoms with Crippen LogP contribution in [0.2, 0.25) is 0 Å². The Morgan fingerprint density at radius 2 is 1.64 bits per heavy atom. The minimum Gasteiger partial charge on any atom is -0.496 e. The molecule has 1 aliphatic heterocycles. The molecule has 1 aromatic heterocycles. The van der Waals surface area contributed by atoms with Gasteiger partial charge in [0.25, 0.3) is 5.91 Å². The predicted molar refractivity (Wildman–Crippen MR) is 128 cm³/mol. The maximum absolute atomic E-state index is 13.5. The monoisotopic (exact) mass is 437 g/mol. The second-order valence-corrected chi connectivity index (χ2v) is 7.70. The molecule has 7 heteroatoms. The number of para-hydroxylation sites is 2. The molecule has 5 rings (SSSR count). The van der Waals surface area contributed by atoms with E-state index in [1.807, 2.05) is 91.9 Å². The van der Waals surface area contributed by atoms with Gasteiger partial charge in [-0.2, -0.15) is 4.98 Å². The van der Waals surface area contributed by atoms with Crippen LogP contribution in [0.25, 0.3) is 11.4 Å². The SMILES string of the molecule is COc1ccccc1[C@H]1C(C(=O)Nc2ccccc2)=C(C)Nc2nc(-c3ccccc3)nn21. The van der Waals surface area contributed by atoms with Crippen molar-refractivity contribution in [1.29, 1.82) is 0 Å². The normalized spacial score (nSPS) is 14.9. The molecule has 0 unspecified atom stereocenters. The Balaban J connectivity index is 1.64. The number of benzene rings is 3. The molecule has 0 spiro atoms. The smallest absolute Gasteiger partial charge is 0.255 e. The number of rotatable bonds is 5. The Bertz CT molecular complexity index is 1330. The highest BCUT2D eigenvalue weighted by Gasteiger charge is 2.36. The molecule has 0 fully saturated rings. The highest BCUT2D eigenvalue weighted by Crippen LogP contribution is 2.40. The van der Waals surface area contributed by atoms with Crippen molar-refractivity contribution in [1.82, 2.24) is 14.8 Å². The average Bonchev–Trinajstić information content (AvgIpc) is 3.28. The number of nitrogens with zero attached hydrogens (tertiary/aromatic N) is 3. The van der Waals surface area contributed by atoms with Crippen molar-refractivity contribution < 1.29 is 9.53 Å². The van der Waals surface area contributed by atoms with Gasteiger partial charge in [-0.15, -0.1) is 5.10 Å². The van der Waals surface area contributed by atoms with E-state index in [0.29, 0.717) is 28.8 Å². The van der Waals surface area contributed by atoms with Crippen molar-refractivity contribution in [2.75, 3.05) is 17.7 Å². The minimum atomic E-state index is -0.522. The first-order valence-corrected chi connectivity index (χ1v) is 10.6. The van der Waals surface area contributed by atoms with Gasteiger partial charge >= 0.3 is 0 Å². The highest BCUT2D eigenvalue weighted by atomic mass is 16.5. The molecule has 0 bridgehead atoms. The maximum atomic E-state index is 13.5. The number of amides is 1. The first kappa shape index (κ1) is 20.5. The van der Waals surface area contributed by atoms with Crippen LogP contribution in [0.5, 0.6) is 5.75 Å². The lowest BCUT2D eigenvalue weighted by molar-refractivity contribution is -0.113. The van der Waals surface area contributed by atoms with E-state index in [1.165, 1.54) is 0 Å². The third-order valence-electron chi connectivity index (χ3n) is 5.59. The van der Waals surface area contributed by atoms with Crippen molar-refractivity contribution in [3.63, 3.8) is 0 Å². The molecule has 2 N–H and O–H groups in total. The zero-order valence-corrected chi connectivity index (χ0v) is 18.3. The van der Waals surface area contributed by atoms with Crippen LogP contribution in [-0.2, 0) is 4.79 Å². The number of ether oxygens (including phenoxy) is 1. The van der Waals surface area contributed by atoms with Gasteiger partial charge in [-0.25, -0.2) is 4.68 Å². The lowest BCUT2D eigenvalue weighted by Gasteiger charge is -2.29. The number of carbonyl (C=O) groups is 1. The quantitative estimate of drug-likeness (QED) is 0.465. The summed E-state index contributed by atoms with van der Waals surface area (Å²) in [5, 5.41) is 11.1. The second kappa shape index (κ2) is 8.63. The maximum Gasteiger partial charge on any atom is 0.255 e. The zero-order chi connectivity index (χ0) is 22.8. The van der Waals surface area contributed by atoms with Crippen molar-refractivity contribution >= 4 is 17.5 Å². The molecule has 1 atom stereocenters. The molecule has 0 aliphatic carbocycles. The molecular formula is C26H23N5O2. The van der Waals surface area contributed by atoms with Crippen LogP contribution in [-0.4, -0.2) is 27.8 Å². The lowest BCUT2D eigenvalue weighted by Crippen LogP contribution is -2.31. The average molecular weight is 438 g/mol. The van der Waals surface area contributed by atoms with Gasteiger partial charge in [0.2, 0.25) is 5.95 Å². The Morgan fingerprint density at radius 1 is 0.970 bits per heavy atom. The number of nitrogens with one attached hydrogen (secondary N) is 2. The van der Waals surface area contributed by atoms with Crippen LogP contribution in [0.4, 0.5) is 11.6 Å². The first-order chi connectivity index (χ1) is 16.2.